The van der Waals surface area contributed by atoms with Gasteiger partial charge in [-0.05, 0) is 17.7 Å². The average Bonchev–Trinajstić information content (AvgIpc) is 2.37. The molecule has 0 unspecified atom stereocenters. The molecule has 6 nitrogen and oxygen atoms in total. The third-order valence-corrected chi connectivity index (χ3v) is 4.29. The van der Waals surface area contributed by atoms with Gasteiger partial charge in [-0.1, -0.05) is 35.3 Å². The number of sulfonamides is 1. The second kappa shape index (κ2) is 5.82. The molecule has 0 radical (unpaired) electrons. The maximum absolute atomic E-state index is 12.0. The van der Waals surface area contributed by atoms with E-state index in [-0.39, 0.29) is 21.7 Å². The van der Waals surface area contributed by atoms with Gasteiger partial charge in [0.15, 0.2) is 11.0 Å². The molecule has 0 fully saturated rings. The van der Waals surface area contributed by atoms with Crippen molar-refractivity contribution in [3.05, 3.63) is 46.3 Å². The number of nitrogens with two attached hydrogens (primary N) is 1. The average molecular weight is 333 g/mol. The second-order valence-electron chi connectivity index (χ2n) is 3.93. The molecule has 106 valence electrons. The summed E-state index contributed by atoms with van der Waals surface area (Å²) in [7, 11) is -3.66. The molecule has 1 heterocycles. The van der Waals surface area contributed by atoms with Gasteiger partial charge in [0, 0.05) is 5.69 Å². The van der Waals surface area contributed by atoms with E-state index in [9.17, 15) is 8.42 Å². The lowest BCUT2D eigenvalue weighted by Gasteiger charge is -2.09. The highest BCUT2D eigenvalue weighted by atomic mass is 35.5. The molecule has 0 aliphatic rings. The third-order valence-electron chi connectivity index (χ3n) is 2.34. The lowest BCUT2D eigenvalue weighted by molar-refractivity contribution is 0.600. The molecule has 0 aliphatic carbocycles. The Hall–Kier alpha value is -1.57. The Bertz CT molecular complexity index is 720. The van der Waals surface area contributed by atoms with Crippen molar-refractivity contribution >= 4 is 44.7 Å². The first-order valence-corrected chi connectivity index (χ1v) is 7.79. The van der Waals surface area contributed by atoms with Crippen molar-refractivity contribution in [2.75, 3.05) is 10.5 Å². The van der Waals surface area contributed by atoms with E-state index in [1.165, 1.54) is 0 Å². The molecule has 0 amide bonds. The highest BCUT2D eigenvalue weighted by Gasteiger charge is 2.16. The predicted molar refractivity (Wildman–Crippen MR) is 79.2 cm³/mol. The van der Waals surface area contributed by atoms with Gasteiger partial charge in [0.2, 0.25) is 10.0 Å². The van der Waals surface area contributed by atoms with Gasteiger partial charge in [-0.25, -0.2) is 18.4 Å². The zero-order valence-corrected chi connectivity index (χ0v) is 12.4. The number of hydrogen-bond donors (Lipinski definition) is 2. The molecular formula is C11H10Cl2N4O2S. The summed E-state index contributed by atoms with van der Waals surface area (Å²) in [6, 6.07) is 6.50. The Labute approximate surface area is 126 Å². The topological polar surface area (TPSA) is 98.0 Å². The van der Waals surface area contributed by atoms with Gasteiger partial charge >= 0.3 is 0 Å². The van der Waals surface area contributed by atoms with Crippen LogP contribution in [-0.4, -0.2) is 18.4 Å². The standard InChI is InChI=1S/C11H10Cl2N4O2S/c12-9-10(13)15-6-16-11(9)17-20(18,19)5-7-1-3-8(14)4-2-7/h1-4,6H,5,14H2,(H,15,16,17). The van der Waals surface area contributed by atoms with Gasteiger partial charge < -0.3 is 5.73 Å². The summed E-state index contributed by atoms with van der Waals surface area (Å²) >= 11 is 11.5. The molecule has 20 heavy (non-hydrogen) atoms. The highest BCUT2D eigenvalue weighted by molar-refractivity contribution is 7.91. The number of hydrogen-bond acceptors (Lipinski definition) is 5. The summed E-state index contributed by atoms with van der Waals surface area (Å²) in [6.07, 6.45) is 1.12. The largest absolute Gasteiger partial charge is 0.399 e. The Morgan fingerprint density at radius 1 is 1.15 bits per heavy atom. The minimum atomic E-state index is -3.66. The zero-order valence-electron chi connectivity index (χ0n) is 10.0. The van der Waals surface area contributed by atoms with E-state index in [4.69, 9.17) is 28.9 Å². The highest BCUT2D eigenvalue weighted by Crippen LogP contribution is 2.26. The second-order valence-corrected chi connectivity index (χ2v) is 6.39. The molecule has 0 spiro atoms. The van der Waals surface area contributed by atoms with Gasteiger partial charge in [0.1, 0.15) is 11.3 Å². The molecule has 0 aliphatic heterocycles. The number of nitrogen functional groups attached to an aromatic ring is 1. The normalized spacial score (nSPS) is 11.3. The van der Waals surface area contributed by atoms with E-state index in [1.807, 2.05) is 0 Å². The van der Waals surface area contributed by atoms with Crippen LogP contribution in [0.15, 0.2) is 30.6 Å². The van der Waals surface area contributed by atoms with E-state index in [1.54, 1.807) is 24.3 Å². The van der Waals surface area contributed by atoms with Gasteiger partial charge in [0.25, 0.3) is 0 Å². The number of benzene rings is 1. The van der Waals surface area contributed by atoms with Crippen LogP contribution >= 0.6 is 23.2 Å². The minimum absolute atomic E-state index is 0.0214. The van der Waals surface area contributed by atoms with Crippen molar-refractivity contribution in [1.29, 1.82) is 0 Å². The lowest BCUT2D eigenvalue weighted by atomic mass is 10.2. The van der Waals surface area contributed by atoms with E-state index in [0.29, 0.717) is 11.3 Å². The first-order valence-electron chi connectivity index (χ1n) is 5.38. The molecule has 2 rings (SSSR count). The molecule has 9 heteroatoms. The predicted octanol–water partition coefficient (Wildman–Crippen LogP) is 2.31. The van der Waals surface area contributed by atoms with E-state index < -0.39 is 10.0 Å². The quantitative estimate of drug-likeness (QED) is 0.661. The molecular weight excluding hydrogens is 323 g/mol. The summed E-state index contributed by atoms with van der Waals surface area (Å²) in [4.78, 5) is 7.38. The Morgan fingerprint density at radius 2 is 1.80 bits per heavy atom. The van der Waals surface area contributed by atoms with E-state index >= 15 is 0 Å². The Balaban J connectivity index is 2.19. The van der Waals surface area contributed by atoms with Gasteiger partial charge in [0.05, 0.1) is 5.75 Å². The van der Waals surface area contributed by atoms with Gasteiger partial charge in [-0.2, -0.15) is 0 Å². The Kier molecular flexibility index (Phi) is 4.32. The number of nitrogens with zero attached hydrogens (tertiary/aromatic N) is 2. The van der Waals surface area contributed by atoms with Crippen LogP contribution in [0.4, 0.5) is 11.5 Å². The maximum atomic E-state index is 12.0. The fraction of sp³-hybridized carbons (Fsp3) is 0.0909. The van der Waals surface area contributed by atoms with Crippen LogP contribution in [0.2, 0.25) is 10.2 Å². The summed E-state index contributed by atoms with van der Waals surface area (Å²) < 4.78 is 26.3. The van der Waals surface area contributed by atoms with E-state index in [2.05, 4.69) is 14.7 Å². The summed E-state index contributed by atoms with van der Waals surface area (Å²) in [5.41, 5.74) is 6.68. The lowest BCUT2D eigenvalue weighted by Crippen LogP contribution is -2.16. The monoisotopic (exact) mass is 332 g/mol. The first-order chi connectivity index (χ1) is 9.37. The zero-order chi connectivity index (χ0) is 14.8. The fourth-order valence-corrected chi connectivity index (χ4v) is 2.92. The molecule has 1 aromatic carbocycles. The number of nitrogens with one attached hydrogen (secondary N) is 1. The molecule has 0 atom stereocenters. The van der Waals surface area contributed by atoms with Crippen LogP contribution in [0.1, 0.15) is 5.56 Å². The smallest absolute Gasteiger partial charge is 0.238 e. The summed E-state index contributed by atoms with van der Waals surface area (Å²) in [5.74, 6) is -0.285. The molecule has 3 N–H and O–H groups in total. The van der Waals surface area contributed by atoms with Crippen molar-refractivity contribution < 1.29 is 8.42 Å². The third kappa shape index (κ3) is 3.72. The van der Waals surface area contributed by atoms with Crippen molar-refractivity contribution in [2.45, 2.75) is 5.75 Å². The summed E-state index contributed by atoms with van der Waals surface area (Å²) in [6.45, 7) is 0. The first kappa shape index (κ1) is 14.8. The van der Waals surface area contributed by atoms with Gasteiger partial charge in [-0.15, -0.1) is 0 Å². The molecule has 2 aromatic rings. The van der Waals surface area contributed by atoms with E-state index in [0.717, 1.165) is 6.33 Å². The molecule has 0 bridgehead atoms. The minimum Gasteiger partial charge on any atom is -0.399 e. The maximum Gasteiger partial charge on any atom is 0.238 e. The van der Waals surface area contributed by atoms with Crippen LogP contribution in [-0.2, 0) is 15.8 Å². The SMILES string of the molecule is Nc1ccc(CS(=O)(=O)Nc2ncnc(Cl)c2Cl)cc1. The van der Waals surface area contributed by atoms with Crippen LogP contribution in [0.3, 0.4) is 0 Å². The Morgan fingerprint density at radius 3 is 2.45 bits per heavy atom. The van der Waals surface area contributed by atoms with Gasteiger partial charge in [-0.3, -0.25) is 4.72 Å². The molecule has 0 saturated carbocycles. The van der Waals surface area contributed by atoms with Crippen LogP contribution in [0, 0.1) is 0 Å². The molecule has 1 aromatic heterocycles. The van der Waals surface area contributed by atoms with Crippen molar-refractivity contribution in [2.24, 2.45) is 0 Å². The van der Waals surface area contributed by atoms with Crippen LogP contribution < -0.4 is 10.5 Å². The van der Waals surface area contributed by atoms with Crippen molar-refractivity contribution in [3.8, 4) is 0 Å². The van der Waals surface area contributed by atoms with Crippen LogP contribution in [0.5, 0.6) is 0 Å². The van der Waals surface area contributed by atoms with Crippen molar-refractivity contribution in [1.82, 2.24) is 9.97 Å². The fourth-order valence-electron chi connectivity index (χ4n) is 1.44. The van der Waals surface area contributed by atoms with Crippen LogP contribution in [0.25, 0.3) is 0 Å². The number of rotatable bonds is 4. The number of anilines is 2. The molecule has 0 saturated heterocycles. The summed E-state index contributed by atoms with van der Waals surface area (Å²) in [5, 5.41) is -0.0677. The number of aromatic nitrogens is 2. The number of halogens is 2. The van der Waals surface area contributed by atoms with Crippen molar-refractivity contribution in [3.63, 3.8) is 0 Å².